The van der Waals surface area contributed by atoms with Gasteiger partial charge in [0.1, 0.15) is 5.75 Å². The molecule has 1 N–H and O–H groups in total. The molecule has 0 radical (unpaired) electrons. The molecule has 0 unspecified atom stereocenters. The van der Waals surface area contributed by atoms with Crippen LogP contribution in [0, 0.1) is 11.8 Å². The zero-order chi connectivity index (χ0) is 11.3. The molecule has 0 fully saturated rings. The molecule has 1 aromatic carbocycles. The zero-order valence-corrected chi connectivity index (χ0v) is 9.08. The Balaban J connectivity index is 2.92. The van der Waals surface area contributed by atoms with Crippen molar-refractivity contribution < 1.29 is 9.90 Å². The second-order valence-electron chi connectivity index (χ2n) is 3.10. The van der Waals surface area contributed by atoms with Gasteiger partial charge in [-0.1, -0.05) is 18.1 Å². The van der Waals surface area contributed by atoms with E-state index >= 15 is 0 Å². The Morgan fingerprint density at radius 1 is 1.47 bits per heavy atom. The molecular weight excluding hydrogens is 212 g/mol. The van der Waals surface area contributed by atoms with Gasteiger partial charge in [-0.3, -0.25) is 4.79 Å². The van der Waals surface area contributed by atoms with Gasteiger partial charge in [0.05, 0.1) is 5.92 Å². The van der Waals surface area contributed by atoms with Gasteiger partial charge >= 0.3 is 0 Å². The molecule has 0 saturated carbocycles. The van der Waals surface area contributed by atoms with Crippen molar-refractivity contribution in [2.24, 2.45) is 0 Å². The summed E-state index contributed by atoms with van der Waals surface area (Å²) in [5.41, 5.74) is 0.885. The second-order valence-corrected chi connectivity index (χ2v) is 3.52. The van der Waals surface area contributed by atoms with Crippen LogP contribution < -0.4 is 0 Å². The lowest BCUT2D eigenvalue weighted by Gasteiger charge is -2.08. The highest BCUT2D eigenvalue weighted by molar-refractivity contribution is 6.63. The van der Waals surface area contributed by atoms with Gasteiger partial charge in [-0.25, -0.2) is 0 Å². The Hall–Kier alpha value is -1.46. The Morgan fingerprint density at radius 3 is 2.53 bits per heavy atom. The van der Waals surface area contributed by atoms with Crippen molar-refractivity contribution in [3.63, 3.8) is 0 Å². The van der Waals surface area contributed by atoms with Crippen LogP contribution in [0.25, 0.3) is 0 Å². The average Bonchev–Trinajstić information content (AvgIpc) is 2.17. The number of halogens is 1. The Morgan fingerprint density at radius 2 is 2.07 bits per heavy atom. The van der Waals surface area contributed by atoms with E-state index in [2.05, 4.69) is 11.8 Å². The molecule has 0 aliphatic heterocycles. The fraction of sp³-hybridized carbons (Fsp3) is 0.250. The molecule has 1 atom stereocenters. The summed E-state index contributed by atoms with van der Waals surface area (Å²) < 4.78 is 0. The van der Waals surface area contributed by atoms with Crippen molar-refractivity contribution in [1.82, 2.24) is 0 Å². The normalized spacial score (nSPS) is 11.3. The number of carbonyl (C=O) groups excluding carboxylic acids is 1. The molecule has 0 amide bonds. The largest absolute Gasteiger partial charge is 0.508 e. The van der Waals surface area contributed by atoms with Crippen LogP contribution in [0.3, 0.4) is 0 Å². The van der Waals surface area contributed by atoms with E-state index in [9.17, 15) is 4.79 Å². The quantitative estimate of drug-likeness (QED) is 0.631. The van der Waals surface area contributed by atoms with E-state index in [1.54, 1.807) is 31.2 Å². The highest BCUT2D eigenvalue weighted by atomic mass is 35.5. The number of phenolic OH excluding ortho intramolecular Hbond substituents is 1. The summed E-state index contributed by atoms with van der Waals surface area (Å²) in [6.45, 7) is 1.71. The van der Waals surface area contributed by atoms with E-state index < -0.39 is 5.24 Å². The topological polar surface area (TPSA) is 37.3 Å². The fourth-order valence-corrected chi connectivity index (χ4v) is 1.45. The molecule has 1 rings (SSSR count). The first kappa shape index (κ1) is 11.6. The van der Waals surface area contributed by atoms with E-state index in [0.29, 0.717) is 0 Å². The lowest BCUT2D eigenvalue weighted by molar-refractivity contribution is -0.111. The summed E-state index contributed by atoms with van der Waals surface area (Å²) in [7, 11) is 0. The molecule has 78 valence electrons. The maximum absolute atomic E-state index is 10.8. The first-order chi connectivity index (χ1) is 7.13. The molecule has 1 aromatic rings. The Bertz CT molecular complexity index is 398. The fourth-order valence-electron chi connectivity index (χ4n) is 1.29. The van der Waals surface area contributed by atoms with E-state index in [-0.39, 0.29) is 18.1 Å². The predicted octanol–water partition coefficient (Wildman–Crippen LogP) is 2.65. The number of rotatable bonds is 3. The molecule has 2 nitrogen and oxygen atoms in total. The molecule has 0 bridgehead atoms. The maximum atomic E-state index is 10.8. The summed E-state index contributed by atoms with van der Waals surface area (Å²) in [6.07, 6.45) is 0.188. The number of aromatic hydroxyl groups is 1. The van der Waals surface area contributed by atoms with Crippen molar-refractivity contribution in [2.45, 2.75) is 19.3 Å². The van der Waals surface area contributed by atoms with Gasteiger partial charge in [0.25, 0.3) is 0 Å². The molecule has 3 heteroatoms. The van der Waals surface area contributed by atoms with E-state index in [1.807, 2.05) is 0 Å². The van der Waals surface area contributed by atoms with Crippen LogP contribution in [0.5, 0.6) is 5.75 Å². The van der Waals surface area contributed by atoms with Crippen molar-refractivity contribution in [3.05, 3.63) is 29.8 Å². The minimum atomic E-state index is -0.407. The third kappa shape index (κ3) is 3.65. The molecule has 0 aliphatic carbocycles. The third-order valence-corrected chi connectivity index (χ3v) is 2.13. The van der Waals surface area contributed by atoms with Crippen LogP contribution in [0.4, 0.5) is 0 Å². The highest BCUT2D eigenvalue weighted by Gasteiger charge is 2.11. The zero-order valence-electron chi connectivity index (χ0n) is 8.33. The van der Waals surface area contributed by atoms with Crippen LogP contribution in [-0.2, 0) is 4.79 Å². The number of benzene rings is 1. The van der Waals surface area contributed by atoms with Crippen molar-refractivity contribution >= 4 is 16.8 Å². The number of phenols is 1. The van der Waals surface area contributed by atoms with Gasteiger partial charge in [0.2, 0.25) is 5.24 Å². The van der Waals surface area contributed by atoms with Gasteiger partial charge in [0, 0.05) is 6.42 Å². The second kappa shape index (κ2) is 5.43. The Labute approximate surface area is 93.9 Å². The minimum Gasteiger partial charge on any atom is -0.508 e. The first-order valence-corrected chi connectivity index (χ1v) is 4.91. The molecule has 0 aromatic heterocycles. The first-order valence-electron chi connectivity index (χ1n) is 4.53. The van der Waals surface area contributed by atoms with Crippen LogP contribution in [0.15, 0.2) is 24.3 Å². The van der Waals surface area contributed by atoms with Crippen molar-refractivity contribution in [2.75, 3.05) is 0 Å². The van der Waals surface area contributed by atoms with Gasteiger partial charge in [-0.2, -0.15) is 0 Å². The summed E-state index contributed by atoms with van der Waals surface area (Å²) in [4.78, 5) is 10.8. The predicted molar refractivity (Wildman–Crippen MR) is 59.8 cm³/mol. The van der Waals surface area contributed by atoms with Crippen LogP contribution in [0.2, 0.25) is 0 Å². The van der Waals surface area contributed by atoms with Gasteiger partial charge < -0.3 is 5.11 Å². The van der Waals surface area contributed by atoms with Crippen LogP contribution >= 0.6 is 11.6 Å². The van der Waals surface area contributed by atoms with Crippen molar-refractivity contribution in [3.8, 4) is 17.6 Å². The highest BCUT2D eigenvalue weighted by Crippen LogP contribution is 2.22. The minimum absolute atomic E-state index is 0.188. The van der Waals surface area contributed by atoms with Crippen molar-refractivity contribution in [1.29, 1.82) is 0 Å². The number of hydrogen-bond acceptors (Lipinski definition) is 2. The third-order valence-electron chi connectivity index (χ3n) is 1.98. The summed E-state index contributed by atoms with van der Waals surface area (Å²) >= 11 is 5.33. The molecule has 15 heavy (non-hydrogen) atoms. The molecule has 0 heterocycles. The number of hydrogen-bond donors (Lipinski definition) is 1. The molecule has 0 aliphatic rings. The Kier molecular flexibility index (Phi) is 4.20. The van der Waals surface area contributed by atoms with Crippen LogP contribution in [0.1, 0.15) is 24.8 Å². The molecule has 0 saturated heterocycles. The maximum Gasteiger partial charge on any atom is 0.223 e. The lowest BCUT2D eigenvalue weighted by Crippen LogP contribution is -2.00. The molecule has 0 spiro atoms. The van der Waals surface area contributed by atoms with Gasteiger partial charge in [-0.05, 0) is 36.2 Å². The smallest absolute Gasteiger partial charge is 0.223 e. The van der Waals surface area contributed by atoms with Gasteiger partial charge in [0.15, 0.2) is 0 Å². The number of carbonyl (C=O) groups is 1. The van der Waals surface area contributed by atoms with E-state index in [4.69, 9.17) is 16.7 Å². The summed E-state index contributed by atoms with van der Waals surface area (Å²) in [6, 6.07) is 6.62. The average molecular weight is 223 g/mol. The van der Waals surface area contributed by atoms with Gasteiger partial charge in [-0.15, -0.1) is 5.92 Å². The summed E-state index contributed by atoms with van der Waals surface area (Å²) in [5.74, 6) is 5.68. The van der Waals surface area contributed by atoms with E-state index in [0.717, 1.165) is 5.56 Å². The van der Waals surface area contributed by atoms with E-state index in [1.165, 1.54) is 0 Å². The molecular formula is C12H11ClO2. The standard InChI is InChI=1S/C12H11ClO2/c1-2-3-10(8-12(13)15)9-4-6-11(14)7-5-9/h4-7,10,14H,8H2,1H3/t10-/m0/s1. The monoisotopic (exact) mass is 222 g/mol. The SMILES string of the molecule is CC#C[C@@H](CC(=O)Cl)c1ccc(O)cc1. The van der Waals surface area contributed by atoms with Crippen LogP contribution in [-0.4, -0.2) is 10.3 Å². The summed E-state index contributed by atoms with van der Waals surface area (Å²) in [5, 5.41) is 8.71. The lowest BCUT2D eigenvalue weighted by atomic mass is 9.97.